The van der Waals surface area contributed by atoms with Gasteiger partial charge in [-0.3, -0.25) is 9.59 Å². The lowest BCUT2D eigenvalue weighted by atomic mass is 10.1. The molecule has 0 unspecified atom stereocenters. The van der Waals surface area contributed by atoms with Crippen LogP contribution in [-0.4, -0.2) is 33.6 Å². The monoisotopic (exact) mass is 349 g/mol. The number of aromatic nitrogens is 2. The number of aromatic amines is 1. The highest BCUT2D eigenvalue weighted by Crippen LogP contribution is 2.06. The van der Waals surface area contributed by atoms with E-state index < -0.39 is 6.04 Å². The van der Waals surface area contributed by atoms with Gasteiger partial charge in [-0.05, 0) is 30.2 Å². The summed E-state index contributed by atoms with van der Waals surface area (Å²) in [5.41, 5.74) is 1.33. The van der Waals surface area contributed by atoms with Crippen LogP contribution in [0.1, 0.15) is 11.4 Å². The van der Waals surface area contributed by atoms with Gasteiger partial charge < -0.3 is 15.4 Å². The highest BCUT2D eigenvalue weighted by Gasteiger charge is 2.10. The molecule has 0 aliphatic carbocycles. The number of hydrogen-bond acceptors (Lipinski definition) is 4. The minimum absolute atomic E-state index is 0.167. The van der Waals surface area contributed by atoms with Crippen molar-refractivity contribution >= 4 is 22.9 Å². The maximum absolute atomic E-state index is 12.1. The Morgan fingerprint density at radius 1 is 1.15 bits per heavy atom. The van der Waals surface area contributed by atoms with Crippen molar-refractivity contribution in [2.45, 2.75) is 12.5 Å². The van der Waals surface area contributed by atoms with E-state index in [0.717, 1.165) is 5.56 Å². The molecule has 0 saturated carbocycles. The van der Waals surface area contributed by atoms with Crippen molar-refractivity contribution in [3.63, 3.8) is 0 Å². The molecule has 2 aromatic carbocycles. The first-order chi connectivity index (χ1) is 12.7. The lowest BCUT2D eigenvalue weighted by Crippen LogP contribution is -2.38. The largest absolute Gasteiger partial charge is 0.394 e. The van der Waals surface area contributed by atoms with Gasteiger partial charge in [0.05, 0.1) is 23.6 Å². The number of benzene rings is 2. The Hall–Kier alpha value is -3.25. The molecule has 6 nitrogen and oxygen atoms in total. The number of aliphatic hydroxyl groups is 1. The van der Waals surface area contributed by atoms with Crippen molar-refractivity contribution in [2.24, 2.45) is 0 Å². The Morgan fingerprint density at radius 2 is 1.88 bits per heavy atom. The van der Waals surface area contributed by atoms with E-state index in [2.05, 4.69) is 15.3 Å². The van der Waals surface area contributed by atoms with Crippen LogP contribution in [0.5, 0.6) is 0 Å². The molecule has 26 heavy (non-hydrogen) atoms. The summed E-state index contributed by atoms with van der Waals surface area (Å²) < 4.78 is 0. The zero-order chi connectivity index (χ0) is 18.4. The van der Waals surface area contributed by atoms with Gasteiger partial charge in [0.1, 0.15) is 5.82 Å². The molecule has 1 atom stereocenters. The number of para-hydroxylation sites is 1. The molecule has 1 amide bonds. The fourth-order valence-corrected chi connectivity index (χ4v) is 2.65. The molecule has 0 bridgehead atoms. The van der Waals surface area contributed by atoms with Crippen LogP contribution >= 0.6 is 0 Å². The van der Waals surface area contributed by atoms with E-state index in [1.54, 1.807) is 24.3 Å². The molecule has 0 saturated heterocycles. The van der Waals surface area contributed by atoms with E-state index in [-0.39, 0.29) is 18.1 Å². The van der Waals surface area contributed by atoms with Gasteiger partial charge in [-0.2, -0.15) is 0 Å². The Kier molecular flexibility index (Phi) is 5.56. The molecule has 132 valence electrons. The van der Waals surface area contributed by atoms with Gasteiger partial charge in [0.15, 0.2) is 0 Å². The molecular weight excluding hydrogens is 330 g/mol. The predicted molar refractivity (Wildman–Crippen MR) is 101 cm³/mol. The molecule has 1 aromatic heterocycles. The topological polar surface area (TPSA) is 95.1 Å². The van der Waals surface area contributed by atoms with Crippen molar-refractivity contribution < 1.29 is 9.90 Å². The van der Waals surface area contributed by atoms with Gasteiger partial charge in [-0.15, -0.1) is 0 Å². The third-order valence-corrected chi connectivity index (χ3v) is 3.92. The average Bonchev–Trinajstić information content (AvgIpc) is 2.67. The van der Waals surface area contributed by atoms with Crippen molar-refractivity contribution in [3.05, 3.63) is 82.4 Å². The van der Waals surface area contributed by atoms with E-state index in [4.69, 9.17) is 0 Å². The van der Waals surface area contributed by atoms with Gasteiger partial charge in [-0.1, -0.05) is 42.5 Å². The van der Waals surface area contributed by atoms with E-state index in [9.17, 15) is 14.7 Å². The van der Waals surface area contributed by atoms with Crippen LogP contribution in [0, 0.1) is 0 Å². The van der Waals surface area contributed by atoms with Crippen molar-refractivity contribution in [2.75, 3.05) is 6.61 Å². The zero-order valence-electron chi connectivity index (χ0n) is 14.1. The summed E-state index contributed by atoms with van der Waals surface area (Å²) >= 11 is 0. The van der Waals surface area contributed by atoms with Gasteiger partial charge in [0.2, 0.25) is 5.91 Å². The molecule has 0 fully saturated rings. The molecule has 3 aromatic rings. The number of fused-ring (bicyclic) bond motifs is 1. The summed E-state index contributed by atoms with van der Waals surface area (Å²) in [5, 5.41) is 12.7. The summed E-state index contributed by atoms with van der Waals surface area (Å²) in [4.78, 5) is 31.0. The third kappa shape index (κ3) is 4.43. The van der Waals surface area contributed by atoms with Crippen LogP contribution in [0.3, 0.4) is 0 Å². The molecule has 0 aliphatic heterocycles. The first kappa shape index (κ1) is 17.6. The maximum Gasteiger partial charge on any atom is 0.259 e. The number of H-pyrrole nitrogens is 1. The van der Waals surface area contributed by atoms with E-state index in [1.807, 2.05) is 30.3 Å². The zero-order valence-corrected chi connectivity index (χ0v) is 14.1. The number of carbonyl (C=O) groups is 1. The highest BCUT2D eigenvalue weighted by molar-refractivity contribution is 5.91. The van der Waals surface area contributed by atoms with E-state index in [1.165, 1.54) is 12.2 Å². The second-order valence-electron chi connectivity index (χ2n) is 5.88. The van der Waals surface area contributed by atoms with E-state index in [0.29, 0.717) is 23.1 Å². The lowest BCUT2D eigenvalue weighted by molar-refractivity contribution is -0.117. The summed E-state index contributed by atoms with van der Waals surface area (Å²) in [6.07, 6.45) is 3.27. The quantitative estimate of drug-likeness (QED) is 0.590. The number of rotatable bonds is 6. The summed E-state index contributed by atoms with van der Waals surface area (Å²) in [5.74, 6) is -0.0664. The Morgan fingerprint density at radius 3 is 2.65 bits per heavy atom. The van der Waals surface area contributed by atoms with Crippen LogP contribution in [-0.2, 0) is 11.2 Å². The van der Waals surface area contributed by atoms with Crippen LogP contribution < -0.4 is 10.9 Å². The van der Waals surface area contributed by atoms with Crippen LogP contribution in [0.4, 0.5) is 0 Å². The average molecular weight is 349 g/mol. The minimum atomic E-state index is -0.391. The van der Waals surface area contributed by atoms with Crippen molar-refractivity contribution in [1.29, 1.82) is 0 Å². The minimum Gasteiger partial charge on any atom is -0.394 e. The first-order valence-electron chi connectivity index (χ1n) is 8.28. The summed E-state index contributed by atoms with van der Waals surface area (Å²) in [6.45, 7) is -0.167. The SMILES string of the molecule is O=C(/C=C/c1nc2ccccc2c(=O)[nH]1)N[C@H](CO)Cc1ccccc1. The van der Waals surface area contributed by atoms with E-state index >= 15 is 0 Å². The van der Waals surface area contributed by atoms with Crippen LogP contribution in [0.15, 0.2) is 65.5 Å². The van der Waals surface area contributed by atoms with Crippen molar-refractivity contribution in [3.8, 4) is 0 Å². The Balaban J connectivity index is 1.68. The Labute approximate surface area is 150 Å². The fourth-order valence-electron chi connectivity index (χ4n) is 2.65. The molecule has 0 aliphatic rings. The molecule has 3 rings (SSSR count). The third-order valence-electron chi connectivity index (χ3n) is 3.92. The van der Waals surface area contributed by atoms with Gasteiger partial charge in [-0.25, -0.2) is 4.98 Å². The molecule has 6 heteroatoms. The number of carbonyl (C=O) groups excluding carboxylic acids is 1. The second kappa shape index (κ2) is 8.22. The first-order valence-corrected chi connectivity index (χ1v) is 8.28. The highest BCUT2D eigenvalue weighted by atomic mass is 16.3. The van der Waals surface area contributed by atoms with Gasteiger partial charge in [0, 0.05) is 6.08 Å². The number of nitrogens with one attached hydrogen (secondary N) is 2. The maximum atomic E-state index is 12.1. The second-order valence-corrected chi connectivity index (χ2v) is 5.88. The van der Waals surface area contributed by atoms with Crippen LogP contribution in [0.25, 0.3) is 17.0 Å². The van der Waals surface area contributed by atoms with Gasteiger partial charge >= 0.3 is 0 Å². The molecule has 1 heterocycles. The lowest BCUT2D eigenvalue weighted by Gasteiger charge is -2.15. The Bertz CT molecular complexity index is 980. The number of amides is 1. The van der Waals surface area contributed by atoms with Gasteiger partial charge in [0.25, 0.3) is 5.56 Å². The number of aliphatic hydroxyl groups excluding tert-OH is 1. The predicted octanol–water partition coefficient (Wildman–Crippen LogP) is 1.66. The molecule has 0 radical (unpaired) electrons. The number of hydrogen-bond donors (Lipinski definition) is 3. The molecule has 3 N–H and O–H groups in total. The smallest absolute Gasteiger partial charge is 0.259 e. The van der Waals surface area contributed by atoms with Crippen molar-refractivity contribution in [1.82, 2.24) is 15.3 Å². The fraction of sp³-hybridized carbons (Fsp3) is 0.150. The normalized spacial score (nSPS) is 12.3. The molecule has 0 spiro atoms. The molecular formula is C20H19N3O3. The summed E-state index contributed by atoms with van der Waals surface area (Å²) in [6, 6.07) is 16.2. The standard InChI is InChI=1S/C20H19N3O3/c24-13-15(12-14-6-2-1-3-7-14)21-19(25)11-10-18-22-17-9-5-4-8-16(17)20(26)23-18/h1-11,15,24H,12-13H2,(H,21,25)(H,22,23,26)/b11-10+/t15-/m0/s1. The van der Waals surface area contributed by atoms with Crippen LogP contribution in [0.2, 0.25) is 0 Å². The number of nitrogens with zero attached hydrogens (tertiary/aromatic N) is 1. The summed E-state index contributed by atoms with van der Waals surface area (Å²) in [7, 11) is 0.